The van der Waals surface area contributed by atoms with Crippen LogP contribution in [0.25, 0.3) is 0 Å². The SMILES string of the molecule is COc1ccc(NC(=O)CN(C(C)=O)c2c(Cl)cccc2Cl)c(OC)c1. The van der Waals surface area contributed by atoms with E-state index in [4.69, 9.17) is 32.7 Å². The average molecular weight is 397 g/mol. The van der Waals surface area contributed by atoms with E-state index in [1.807, 2.05) is 0 Å². The molecule has 6 nitrogen and oxygen atoms in total. The zero-order valence-corrected chi connectivity index (χ0v) is 16.0. The van der Waals surface area contributed by atoms with Crippen molar-refractivity contribution in [2.75, 3.05) is 31.0 Å². The van der Waals surface area contributed by atoms with E-state index in [1.165, 1.54) is 26.0 Å². The average Bonchev–Trinajstić information content (AvgIpc) is 2.60. The molecule has 0 bridgehead atoms. The van der Waals surface area contributed by atoms with Gasteiger partial charge < -0.3 is 19.7 Å². The summed E-state index contributed by atoms with van der Waals surface area (Å²) >= 11 is 12.3. The molecule has 0 unspecified atom stereocenters. The van der Waals surface area contributed by atoms with Gasteiger partial charge in [-0.15, -0.1) is 0 Å². The molecule has 0 aliphatic heterocycles. The lowest BCUT2D eigenvalue weighted by atomic mass is 10.2. The van der Waals surface area contributed by atoms with Gasteiger partial charge in [0.15, 0.2) is 0 Å². The summed E-state index contributed by atoms with van der Waals surface area (Å²) in [7, 11) is 3.01. The third-order valence-electron chi connectivity index (χ3n) is 3.57. The van der Waals surface area contributed by atoms with Gasteiger partial charge in [-0.2, -0.15) is 0 Å². The van der Waals surface area contributed by atoms with E-state index >= 15 is 0 Å². The fourth-order valence-corrected chi connectivity index (χ4v) is 2.93. The Labute approximate surface area is 161 Å². The number of rotatable bonds is 6. The highest BCUT2D eigenvalue weighted by molar-refractivity contribution is 6.40. The Morgan fingerprint density at radius 1 is 1.08 bits per heavy atom. The van der Waals surface area contributed by atoms with Crippen molar-refractivity contribution in [3.63, 3.8) is 0 Å². The Morgan fingerprint density at radius 2 is 1.73 bits per heavy atom. The Hall–Kier alpha value is -2.44. The van der Waals surface area contributed by atoms with Crippen molar-refractivity contribution in [1.29, 1.82) is 0 Å². The van der Waals surface area contributed by atoms with Crippen LogP contribution in [0.4, 0.5) is 11.4 Å². The Bertz CT molecular complexity index is 807. The summed E-state index contributed by atoms with van der Waals surface area (Å²) in [4.78, 5) is 25.7. The summed E-state index contributed by atoms with van der Waals surface area (Å²) < 4.78 is 10.4. The number of amides is 2. The van der Waals surface area contributed by atoms with E-state index < -0.39 is 5.91 Å². The first-order valence-electron chi connectivity index (χ1n) is 7.61. The van der Waals surface area contributed by atoms with Crippen LogP contribution in [0.15, 0.2) is 36.4 Å². The second kappa shape index (κ2) is 8.78. The smallest absolute Gasteiger partial charge is 0.244 e. The summed E-state index contributed by atoms with van der Waals surface area (Å²) in [6.07, 6.45) is 0. The fraction of sp³-hybridized carbons (Fsp3) is 0.222. The van der Waals surface area contributed by atoms with Gasteiger partial charge in [0.2, 0.25) is 11.8 Å². The summed E-state index contributed by atoms with van der Waals surface area (Å²) in [6, 6.07) is 9.84. The third kappa shape index (κ3) is 4.59. The number of hydrogen-bond donors (Lipinski definition) is 1. The molecule has 0 aromatic heterocycles. The van der Waals surface area contributed by atoms with Gasteiger partial charge in [-0.25, -0.2) is 0 Å². The molecule has 2 aromatic rings. The Morgan fingerprint density at radius 3 is 2.27 bits per heavy atom. The van der Waals surface area contributed by atoms with Crippen LogP contribution >= 0.6 is 23.2 Å². The molecule has 2 rings (SSSR count). The number of hydrogen-bond acceptors (Lipinski definition) is 4. The number of methoxy groups -OCH3 is 2. The number of carbonyl (C=O) groups excluding carboxylic acids is 2. The summed E-state index contributed by atoms with van der Waals surface area (Å²) in [5.41, 5.74) is 0.743. The molecule has 0 heterocycles. The van der Waals surface area contributed by atoms with Gasteiger partial charge in [0, 0.05) is 13.0 Å². The molecule has 2 aromatic carbocycles. The minimum atomic E-state index is -0.431. The largest absolute Gasteiger partial charge is 0.497 e. The van der Waals surface area contributed by atoms with Crippen LogP contribution in [-0.4, -0.2) is 32.6 Å². The number of anilines is 2. The third-order valence-corrected chi connectivity index (χ3v) is 4.18. The normalized spacial score (nSPS) is 10.2. The van der Waals surface area contributed by atoms with Gasteiger partial charge >= 0.3 is 0 Å². The standard InChI is InChI=1S/C18H18Cl2N2O4/c1-11(23)22(18-13(19)5-4-6-14(18)20)10-17(24)21-15-8-7-12(25-2)9-16(15)26-3/h4-9H,10H2,1-3H3,(H,21,24). The molecule has 26 heavy (non-hydrogen) atoms. The molecule has 0 saturated heterocycles. The maximum absolute atomic E-state index is 12.5. The van der Waals surface area contributed by atoms with Gasteiger partial charge in [0.1, 0.15) is 18.0 Å². The number of ether oxygens (including phenoxy) is 2. The highest BCUT2D eigenvalue weighted by Crippen LogP contribution is 2.34. The van der Waals surface area contributed by atoms with E-state index in [-0.39, 0.29) is 22.5 Å². The number of benzene rings is 2. The summed E-state index contributed by atoms with van der Waals surface area (Å²) in [6.45, 7) is 1.08. The molecular weight excluding hydrogens is 379 g/mol. The molecule has 138 valence electrons. The number of nitrogens with zero attached hydrogens (tertiary/aromatic N) is 1. The first-order valence-corrected chi connectivity index (χ1v) is 8.37. The van der Waals surface area contributed by atoms with Crippen molar-refractivity contribution >= 4 is 46.4 Å². The molecule has 0 spiro atoms. The maximum atomic E-state index is 12.5. The van der Waals surface area contributed by atoms with Gasteiger partial charge in [-0.3, -0.25) is 9.59 Å². The molecular formula is C18H18Cl2N2O4. The second-order valence-electron chi connectivity index (χ2n) is 5.29. The van der Waals surface area contributed by atoms with Gasteiger partial charge in [0.05, 0.1) is 35.6 Å². The quantitative estimate of drug-likeness (QED) is 0.800. The van der Waals surface area contributed by atoms with Crippen LogP contribution in [0.5, 0.6) is 11.5 Å². The molecule has 2 amide bonds. The van der Waals surface area contributed by atoms with Crippen LogP contribution < -0.4 is 19.7 Å². The number of halogens is 2. The van der Waals surface area contributed by atoms with E-state index in [2.05, 4.69) is 5.32 Å². The second-order valence-corrected chi connectivity index (χ2v) is 6.10. The summed E-state index contributed by atoms with van der Waals surface area (Å²) in [5.74, 6) is 0.229. The Balaban J connectivity index is 2.23. The lowest BCUT2D eigenvalue weighted by Crippen LogP contribution is -2.37. The monoisotopic (exact) mass is 396 g/mol. The first-order chi connectivity index (χ1) is 12.4. The van der Waals surface area contributed by atoms with Crippen LogP contribution in [0.2, 0.25) is 10.0 Å². The molecule has 0 atom stereocenters. The minimum absolute atomic E-state index is 0.256. The van der Waals surface area contributed by atoms with Crippen LogP contribution in [0.1, 0.15) is 6.92 Å². The maximum Gasteiger partial charge on any atom is 0.244 e. The lowest BCUT2D eigenvalue weighted by Gasteiger charge is -2.23. The number of nitrogens with one attached hydrogen (secondary N) is 1. The number of carbonyl (C=O) groups is 2. The van der Waals surface area contributed by atoms with Crippen molar-refractivity contribution in [3.05, 3.63) is 46.4 Å². The van der Waals surface area contributed by atoms with Crippen molar-refractivity contribution in [2.45, 2.75) is 6.92 Å². The zero-order valence-electron chi connectivity index (χ0n) is 14.5. The zero-order chi connectivity index (χ0) is 19.3. The van der Waals surface area contributed by atoms with Crippen LogP contribution in [-0.2, 0) is 9.59 Å². The van der Waals surface area contributed by atoms with E-state index in [0.717, 1.165) is 0 Å². The molecule has 0 fully saturated rings. The highest BCUT2D eigenvalue weighted by atomic mass is 35.5. The van der Waals surface area contributed by atoms with Crippen LogP contribution in [0, 0.1) is 0 Å². The van der Waals surface area contributed by atoms with Crippen molar-refractivity contribution < 1.29 is 19.1 Å². The highest BCUT2D eigenvalue weighted by Gasteiger charge is 2.21. The molecule has 0 radical (unpaired) electrons. The van der Waals surface area contributed by atoms with Gasteiger partial charge in [-0.05, 0) is 24.3 Å². The fourth-order valence-electron chi connectivity index (χ4n) is 2.33. The minimum Gasteiger partial charge on any atom is -0.497 e. The predicted molar refractivity (Wildman–Crippen MR) is 103 cm³/mol. The van der Waals surface area contributed by atoms with Gasteiger partial charge in [0.25, 0.3) is 0 Å². The molecule has 1 N–H and O–H groups in total. The molecule has 0 aliphatic carbocycles. The number of para-hydroxylation sites is 1. The van der Waals surface area contributed by atoms with E-state index in [1.54, 1.807) is 36.4 Å². The Kier molecular flexibility index (Phi) is 6.71. The van der Waals surface area contributed by atoms with E-state index in [0.29, 0.717) is 22.9 Å². The molecule has 0 aliphatic rings. The molecule has 8 heteroatoms. The summed E-state index contributed by atoms with van der Waals surface area (Å²) in [5, 5.41) is 3.27. The van der Waals surface area contributed by atoms with Gasteiger partial charge in [-0.1, -0.05) is 29.3 Å². The first kappa shape index (κ1) is 19.9. The van der Waals surface area contributed by atoms with Crippen molar-refractivity contribution in [2.24, 2.45) is 0 Å². The lowest BCUT2D eigenvalue weighted by molar-refractivity contribution is -0.120. The van der Waals surface area contributed by atoms with E-state index in [9.17, 15) is 9.59 Å². The van der Waals surface area contributed by atoms with Crippen molar-refractivity contribution in [1.82, 2.24) is 0 Å². The van der Waals surface area contributed by atoms with Crippen molar-refractivity contribution in [3.8, 4) is 11.5 Å². The van der Waals surface area contributed by atoms with Crippen LogP contribution in [0.3, 0.4) is 0 Å². The predicted octanol–water partition coefficient (Wildman–Crippen LogP) is 4.00. The topological polar surface area (TPSA) is 67.9 Å². The molecule has 0 saturated carbocycles.